The molecule has 3 N–H and O–H groups in total. The Labute approximate surface area is 365 Å². The van der Waals surface area contributed by atoms with E-state index in [0.29, 0.717) is 25.7 Å². The Balaban J connectivity index is 1.45. The van der Waals surface area contributed by atoms with E-state index in [1.807, 2.05) is 4.72 Å². The van der Waals surface area contributed by atoms with Crippen molar-refractivity contribution in [3.05, 3.63) is 23.9 Å². The maximum Gasteiger partial charge on any atom is 0.573 e. The number of alkyl carbamates (subject to hydrolysis) is 1. The summed E-state index contributed by atoms with van der Waals surface area (Å²) in [6, 6.07) is -0.494. The first-order valence-electron chi connectivity index (χ1n) is 21.2. The zero-order valence-corrected chi connectivity index (χ0v) is 36.9. The number of hydrogen-bond acceptors (Lipinski definition) is 11. The van der Waals surface area contributed by atoms with E-state index >= 15 is 8.78 Å². The molecule has 2 saturated carbocycles. The van der Waals surface area contributed by atoms with Crippen molar-refractivity contribution in [2.24, 2.45) is 17.3 Å². The lowest BCUT2D eigenvalue weighted by atomic mass is 9.85. The monoisotopic (exact) mass is 938 g/mol. The molecular formula is C41H53F7N6O9S. The van der Waals surface area contributed by atoms with E-state index in [9.17, 15) is 49.5 Å². The van der Waals surface area contributed by atoms with Gasteiger partial charge >= 0.3 is 12.5 Å². The second-order valence-corrected chi connectivity index (χ2v) is 20.7. The van der Waals surface area contributed by atoms with Crippen molar-refractivity contribution in [2.75, 3.05) is 6.54 Å². The fourth-order valence-electron chi connectivity index (χ4n) is 8.32. The molecule has 15 nitrogen and oxygen atoms in total. The number of benzene rings is 1. The summed E-state index contributed by atoms with van der Waals surface area (Å²) in [5.41, 5.74) is -5.12. The van der Waals surface area contributed by atoms with Gasteiger partial charge in [-0.2, -0.15) is 8.78 Å². The number of carbonyl (C=O) groups excluding carboxylic acids is 4. The minimum Gasteiger partial charge on any atom is -0.471 e. The van der Waals surface area contributed by atoms with Gasteiger partial charge in [0.25, 0.3) is 11.8 Å². The van der Waals surface area contributed by atoms with Gasteiger partial charge in [-0.1, -0.05) is 40.5 Å². The van der Waals surface area contributed by atoms with Crippen LogP contribution in [0.15, 0.2) is 18.2 Å². The molecule has 2 aromatic rings. The average molecular weight is 939 g/mol. The molecule has 64 heavy (non-hydrogen) atoms. The first-order chi connectivity index (χ1) is 29.6. The minimum absolute atomic E-state index is 0.0193. The van der Waals surface area contributed by atoms with Crippen LogP contribution in [-0.4, -0.2) is 101 Å². The largest absolute Gasteiger partial charge is 0.573 e. The maximum absolute atomic E-state index is 16.4. The average Bonchev–Trinajstić information content (AvgIpc) is 4.08. The molecule has 0 unspecified atom stereocenters. The van der Waals surface area contributed by atoms with Crippen molar-refractivity contribution in [3.8, 4) is 11.6 Å². The normalized spacial score (nSPS) is 28.9. The van der Waals surface area contributed by atoms with Gasteiger partial charge in [-0.05, 0) is 76.3 Å². The summed E-state index contributed by atoms with van der Waals surface area (Å²) in [5, 5.41) is 4.90. The maximum atomic E-state index is 16.4. The first-order valence-corrected chi connectivity index (χ1v) is 22.7. The molecule has 2 aliphatic carbocycles. The van der Waals surface area contributed by atoms with Crippen LogP contribution in [-0.2, 0) is 35.1 Å². The molecule has 1 saturated heterocycles. The van der Waals surface area contributed by atoms with Crippen LogP contribution in [0.2, 0.25) is 0 Å². The summed E-state index contributed by atoms with van der Waals surface area (Å²) in [5.74, 6) is -11.9. The van der Waals surface area contributed by atoms with Crippen molar-refractivity contribution >= 4 is 44.9 Å². The Bertz CT molecular complexity index is 2240. The number of alkyl halides is 7. The summed E-state index contributed by atoms with van der Waals surface area (Å²) < 4.78 is 143. The molecule has 0 radical (unpaired) electrons. The number of amides is 4. The lowest BCUT2D eigenvalue weighted by molar-refractivity contribution is -0.274. The topological polar surface area (TPSA) is 195 Å². The summed E-state index contributed by atoms with van der Waals surface area (Å²) >= 11 is 0. The SMILES string of the molecule is CC[C@@H]1[C@@H]2CN(C(=O)[C@H](C(C)(C)C)NC(=O)O[C@@H](C)CCCCCCC(F)(F)c3nc4ccc(OC(F)(F)F)cc4nc3O2)[C@@H]1C(=O)N[C@]1(C(=O)NS(=O)(=O)C2(C)CC2)C[C@H]1C(F)F. The zero-order chi connectivity index (χ0) is 47.4. The van der Waals surface area contributed by atoms with Crippen LogP contribution in [0.1, 0.15) is 111 Å². The molecule has 4 aliphatic rings. The van der Waals surface area contributed by atoms with E-state index in [1.54, 1.807) is 34.6 Å². The van der Waals surface area contributed by atoms with E-state index in [1.165, 1.54) is 6.92 Å². The predicted molar refractivity (Wildman–Crippen MR) is 214 cm³/mol. The number of aromatic nitrogens is 2. The highest BCUT2D eigenvalue weighted by atomic mass is 32.2. The standard InChI is InChI=1S/C41H53F7N6O9S/c1-7-23-27-20-54(28(23)32(55)52-39(19-24(39)31(42)43)35(57)53-64(59,60)38(6)16-17-38)34(56)30(37(3,4)5)51-36(58)61-21(2)12-10-8-9-11-15-40(44,45)29-33(62-27)50-26-18-22(63-41(46,47)48)13-14-25(26)49-29/h13-14,18,21,23-24,27-28,30-31H,7-12,15-17,19-20H2,1-6H3,(H,51,58)(H,52,55)(H,53,57)/t21-,23+,24-,27-,28-,30+,39+/m0/s1. The highest BCUT2D eigenvalue weighted by Gasteiger charge is 2.68. The van der Waals surface area contributed by atoms with Crippen molar-refractivity contribution < 1.29 is 72.5 Å². The third kappa shape index (κ3) is 10.4. The number of rotatable bonds is 8. The van der Waals surface area contributed by atoms with Crippen molar-refractivity contribution in [1.82, 2.24) is 30.2 Å². The molecule has 1 aromatic heterocycles. The molecule has 2 bridgehead atoms. The van der Waals surface area contributed by atoms with Gasteiger partial charge in [0.15, 0.2) is 5.69 Å². The summed E-state index contributed by atoms with van der Waals surface area (Å²) in [4.78, 5) is 65.8. The number of fused-ring (bicyclic) bond motifs is 4. The quantitative estimate of drug-likeness (QED) is 0.241. The first kappa shape index (κ1) is 48.7. The van der Waals surface area contributed by atoms with Gasteiger partial charge in [0.2, 0.25) is 34.1 Å². The highest BCUT2D eigenvalue weighted by Crippen LogP contribution is 2.50. The van der Waals surface area contributed by atoms with Crippen LogP contribution in [0.4, 0.5) is 35.5 Å². The second kappa shape index (κ2) is 17.6. The summed E-state index contributed by atoms with van der Waals surface area (Å²) in [7, 11) is -4.38. The Hall–Kier alpha value is -4.70. The number of halogens is 7. The summed E-state index contributed by atoms with van der Waals surface area (Å²) in [6.45, 7) is 8.71. The lowest BCUT2D eigenvalue weighted by Gasteiger charge is -2.36. The molecule has 0 spiro atoms. The number of ether oxygens (including phenoxy) is 3. The number of cyclic esters (lactones) is 1. The van der Waals surface area contributed by atoms with E-state index < -0.39 is 141 Å². The Kier molecular flexibility index (Phi) is 13.4. The summed E-state index contributed by atoms with van der Waals surface area (Å²) in [6.07, 6.45) is -10.9. The van der Waals surface area contributed by atoms with Gasteiger partial charge in [0.1, 0.15) is 35.6 Å². The minimum atomic E-state index is -5.12. The number of nitrogens with zero attached hydrogens (tertiary/aromatic N) is 3. The van der Waals surface area contributed by atoms with E-state index in [0.717, 1.165) is 23.1 Å². The number of sulfonamides is 1. The fourth-order valence-corrected chi connectivity index (χ4v) is 9.63. The number of carbonyl (C=O) groups is 4. The van der Waals surface area contributed by atoms with Crippen molar-refractivity contribution in [2.45, 2.75) is 159 Å². The molecule has 6 rings (SSSR count). The molecule has 7 atom stereocenters. The smallest absolute Gasteiger partial charge is 0.471 e. The second-order valence-electron chi connectivity index (χ2n) is 18.5. The van der Waals surface area contributed by atoms with Crippen molar-refractivity contribution in [3.63, 3.8) is 0 Å². The van der Waals surface area contributed by atoms with Crippen molar-refractivity contribution in [1.29, 1.82) is 0 Å². The number of hydrogen-bond donors (Lipinski definition) is 3. The van der Waals surface area contributed by atoms with Gasteiger partial charge in [-0.3, -0.25) is 19.1 Å². The Morgan fingerprint density at radius 1 is 1.02 bits per heavy atom. The van der Waals surface area contributed by atoms with Gasteiger partial charge in [0, 0.05) is 18.4 Å². The molecule has 3 fully saturated rings. The third-order valence-electron chi connectivity index (χ3n) is 12.5. The predicted octanol–water partition coefficient (Wildman–Crippen LogP) is 6.63. The van der Waals surface area contributed by atoms with Gasteiger partial charge in [0.05, 0.1) is 28.2 Å². The molecule has 1 aromatic carbocycles. The van der Waals surface area contributed by atoms with Crippen LogP contribution in [0.3, 0.4) is 0 Å². The Morgan fingerprint density at radius 3 is 2.28 bits per heavy atom. The fraction of sp³-hybridized carbons (Fsp3) is 0.707. The van der Waals surface area contributed by atoms with E-state index in [4.69, 9.17) is 9.47 Å². The van der Waals surface area contributed by atoms with Crippen LogP contribution in [0.5, 0.6) is 11.6 Å². The third-order valence-corrected chi connectivity index (χ3v) is 14.7. The van der Waals surface area contributed by atoms with Gasteiger partial charge < -0.3 is 29.7 Å². The van der Waals surface area contributed by atoms with Crippen LogP contribution < -0.4 is 24.8 Å². The van der Waals surface area contributed by atoms with Gasteiger partial charge in [-0.15, -0.1) is 13.2 Å². The van der Waals surface area contributed by atoms with Crippen LogP contribution >= 0.6 is 0 Å². The highest BCUT2D eigenvalue weighted by molar-refractivity contribution is 7.91. The molecular weight excluding hydrogens is 886 g/mol. The lowest BCUT2D eigenvalue weighted by Crippen LogP contribution is -2.61. The van der Waals surface area contributed by atoms with Crippen LogP contribution in [0.25, 0.3) is 11.0 Å². The van der Waals surface area contributed by atoms with E-state index in [-0.39, 0.29) is 36.7 Å². The molecule has 3 heterocycles. The van der Waals surface area contributed by atoms with Gasteiger partial charge in [-0.25, -0.2) is 32.0 Å². The van der Waals surface area contributed by atoms with Crippen LogP contribution in [0, 0.1) is 17.3 Å². The number of nitrogens with one attached hydrogen (secondary N) is 3. The molecule has 2 aliphatic heterocycles. The molecule has 23 heteroatoms. The molecule has 356 valence electrons. The zero-order valence-electron chi connectivity index (χ0n) is 36.1. The van der Waals surface area contributed by atoms with E-state index in [2.05, 4.69) is 25.3 Å². The Morgan fingerprint density at radius 2 is 1.69 bits per heavy atom. The molecule has 4 amide bonds.